The Morgan fingerprint density at radius 1 is 0.978 bits per heavy atom. The van der Waals surface area contributed by atoms with E-state index in [0.29, 0.717) is 27.3 Å². The van der Waals surface area contributed by atoms with Crippen LogP contribution in [-0.2, 0) is 0 Å². The van der Waals surface area contributed by atoms with Crippen LogP contribution in [-0.4, -0.2) is 44.6 Å². The fraction of sp³-hybridized carbons (Fsp3) is 0.171. The van der Waals surface area contributed by atoms with Crippen LogP contribution < -0.4 is 15.4 Å². The number of benzene rings is 3. The number of aromatic nitrogens is 4. The van der Waals surface area contributed by atoms with Crippen molar-refractivity contribution in [3.05, 3.63) is 118 Å². The number of ether oxygens (including phenoxy) is 1. The van der Waals surface area contributed by atoms with Crippen LogP contribution in [0.4, 0.5) is 5.69 Å². The average Bonchev–Trinajstić information content (AvgIpc) is 3.66. The molecule has 1 saturated heterocycles. The van der Waals surface area contributed by atoms with Crippen LogP contribution in [0.5, 0.6) is 5.88 Å². The van der Waals surface area contributed by atoms with Gasteiger partial charge in [0.15, 0.2) is 0 Å². The smallest absolute Gasteiger partial charge is 0.272 e. The van der Waals surface area contributed by atoms with Gasteiger partial charge < -0.3 is 24.9 Å². The minimum absolute atomic E-state index is 0.0178. The van der Waals surface area contributed by atoms with E-state index in [2.05, 4.69) is 25.2 Å². The highest BCUT2D eigenvalue weighted by Crippen LogP contribution is 2.49. The molecule has 0 spiro atoms. The van der Waals surface area contributed by atoms with E-state index in [1.165, 1.54) is 0 Å². The van der Waals surface area contributed by atoms with Gasteiger partial charge in [-0.05, 0) is 66.9 Å². The second-order valence-corrected chi connectivity index (χ2v) is 12.2. The first kappa shape index (κ1) is 27.9. The number of carbonyl (C=O) groups excluding carboxylic acids is 1. The highest BCUT2D eigenvalue weighted by Gasteiger charge is 2.36. The summed E-state index contributed by atoms with van der Waals surface area (Å²) in [5.41, 5.74) is 6.97. The number of aromatic amines is 1. The standard InChI is InChI=1S/C35H28Cl2N6O2/c36-22-12-10-21(11-13-22)32-25-16-23(37)17-27-28(25)29(33-30(40-19-43(32)33)20-6-2-1-3-7-20)31(41-27)34(44)42-26-9-5-15-39-35(26)45-24-8-4-14-38-18-24/h1-3,5-7,9-13,15-17,19,24,32,38,41H,4,8,14,18H2,(H,42,44). The molecule has 10 heteroatoms. The van der Waals surface area contributed by atoms with Gasteiger partial charge in [-0.1, -0.05) is 65.7 Å². The molecule has 3 aromatic carbocycles. The Balaban J connectivity index is 1.30. The molecular weight excluding hydrogens is 607 g/mol. The Morgan fingerprint density at radius 2 is 1.82 bits per heavy atom. The molecule has 224 valence electrons. The zero-order valence-corrected chi connectivity index (χ0v) is 25.6. The first-order chi connectivity index (χ1) is 22.0. The van der Waals surface area contributed by atoms with Crippen LogP contribution >= 0.6 is 23.2 Å². The van der Waals surface area contributed by atoms with E-state index >= 15 is 0 Å². The summed E-state index contributed by atoms with van der Waals surface area (Å²) in [5, 5.41) is 8.58. The molecule has 3 N–H and O–H groups in total. The lowest BCUT2D eigenvalue weighted by molar-refractivity contribution is 0.102. The van der Waals surface area contributed by atoms with Crippen LogP contribution in [0, 0.1) is 0 Å². The molecule has 8 rings (SSSR count). The number of carbonyl (C=O) groups is 1. The quantitative estimate of drug-likeness (QED) is 0.174. The molecule has 8 nitrogen and oxygen atoms in total. The largest absolute Gasteiger partial charge is 0.472 e. The van der Waals surface area contributed by atoms with Gasteiger partial charge in [0.2, 0.25) is 5.88 Å². The van der Waals surface area contributed by atoms with Crippen LogP contribution in [0.15, 0.2) is 91.4 Å². The normalized spacial score (nSPS) is 17.2. The first-order valence-corrected chi connectivity index (χ1v) is 15.7. The first-order valence-electron chi connectivity index (χ1n) is 14.9. The lowest BCUT2D eigenvalue weighted by atomic mass is 9.88. The van der Waals surface area contributed by atoms with Gasteiger partial charge in [0.05, 0.1) is 23.8 Å². The van der Waals surface area contributed by atoms with Crippen LogP contribution in [0.1, 0.15) is 40.5 Å². The van der Waals surface area contributed by atoms with Crippen molar-refractivity contribution in [3.63, 3.8) is 0 Å². The summed E-state index contributed by atoms with van der Waals surface area (Å²) in [6.45, 7) is 1.71. The van der Waals surface area contributed by atoms with Crippen molar-refractivity contribution in [1.29, 1.82) is 0 Å². The molecule has 5 heterocycles. The van der Waals surface area contributed by atoms with E-state index < -0.39 is 0 Å². The lowest BCUT2D eigenvalue weighted by Gasteiger charge is -2.28. The van der Waals surface area contributed by atoms with E-state index in [9.17, 15) is 4.79 Å². The maximum absolute atomic E-state index is 14.3. The average molecular weight is 636 g/mol. The van der Waals surface area contributed by atoms with Gasteiger partial charge in [-0.15, -0.1) is 0 Å². The maximum atomic E-state index is 14.3. The summed E-state index contributed by atoms with van der Waals surface area (Å²) in [4.78, 5) is 27.1. The van der Waals surface area contributed by atoms with Gasteiger partial charge in [0, 0.05) is 44.8 Å². The van der Waals surface area contributed by atoms with Gasteiger partial charge >= 0.3 is 0 Å². The van der Waals surface area contributed by atoms with Crippen molar-refractivity contribution in [2.45, 2.75) is 25.0 Å². The van der Waals surface area contributed by atoms with E-state index in [0.717, 1.165) is 70.5 Å². The highest BCUT2D eigenvalue weighted by molar-refractivity contribution is 6.32. The zero-order chi connectivity index (χ0) is 30.5. The molecule has 2 aliphatic rings. The zero-order valence-electron chi connectivity index (χ0n) is 24.1. The summed E-state index contributed by atoms with van der Waals surface area (Å²) < 4.78 is 8.36. The molecule has 1 amide bonds. The number of pyridine rings is 1. The number of anilines is 1. The van der Waals surface area contributed by atoms with Crippen molar-refractivity contribution < 1.29 is 9.53 Å². The number of nitrogens with one attached hydrogen (secondary N) is 3. The summed E-state index contributed by atoms with van der Waals surface area (Å²) in [6.07, 6.45) is 5.44. The molecule has 2 unspecified atom stereocenters. The maximum Gasteiger partial charge on any atom is 0.272 e. The molecule has 2 atom stereocenters. The van der Waals surface area contributed by atoms with Gasteiger partial charge in [0.1, 0.15) is 17.5 Å². The molecule has 6 aromatic rings. The Labute approximate surface area is 269 Å². The van der Waals surface area contributed by atoms with Crippen LogP contribution in [0.25, 0.3) is 33.4 Å². The Kier molecular flexibility index (Phi) is 7.05. The van der Waals surface area contributed by atoms with Gasteiger partial charge in [-0.2, -0.15) is 0 Å². The highest BCUT2D eigenvalue weighted by atomic mass is 35.5. The van der Waals surface area contributed by atoms with Crippen molar-refractivity contribution in [1.82, 2.24) is 24.8 Å². The molecule has 45 heavy (non-hydrogen) atoms. The van der Waals surface area contributed by atoms with Crippen LogP contribution in [0.2, 0.25) is 10.0 Å². The van der Waals surface area contributed by atoms with Crippen molar-refractivity contribution in [3.8, 4) is 28.4 Å². The SMILES string of the molecule is O=C(Nc1cccnc1OC1CCCNC1)c1[nH]c2cc(Cl)cc3c2c1-c1c(-c2ccccc2)ncn1C3c1ccc(Cl)cc1. The molecule has 0 aliphatic carbocycles. The number of imidazole rings is 1. The minimum atomic E-state index is -0.320. The summed E-state index contributed by atoms with van der Waals surface area (Å²) in [5.74, 6) is 0.0745. The Morgan fingerprint density at radius 3 is 2.62 bits per heavy atom. The predicted octanol–water partition coefficient (Wildman–Crippen LogP) is 7.73. The van der Waals surface area contributed by atoms with Crippen molar-refractivity contribution in [2.24, 2.45) is 0 Å². The Bertz CT molecular complexity index is 2050. The predicted molar refractivity (Wildman–Crippen MR) is 177 cm³/mol. The monoisotopic (exact) mass is 634 g/mol. The molecular formula is C35H28Cl2N6O2. The number of amides is 1. The summed E-state index contributed by atoms with van der Waals surface area (Å²) in [6, 6.07) is 25.0. The molecule has 2 aliphatic heterocycles. The number of nitrogens with zero attached hydrogens (tertiary/aromatic N) is 3. The number of hydrogen-bond acceptors (Lipinski definition) is 5. The van der Waals surface area contributed by atoms with E-state index in [4.69, 9.17) is 32.9 Å². The molecule has 0 bridgehead atoms. The number of halogens is 2. The van der Waals surface area contributed by atoms with Gasteiger partial charge in [-0.25, -0.2) is 9.97 Å². The topological polar surface area (TPSA) is 96.9 Å². The third kappa shape index (κ3) is 4.95. The third-order valence-electron chi connectivity index (χ3n) is 8.51. The molecule has 3 aromatic heterocycles. The summed E-state index contributed by atoms with van der Waals surface area (Å²) in [7, 11) is 0. The molecule has 0 saturated carbocycles. The third-order valence-corrected chi connectivity index (χ3v) is 8.98. The number of hydrogen-bond donors (Lipinski definition) is 3. The Hall–Kier alpha value is -4.63. The molecule has 0 radical (unpaired) electrons. The number of rotatable bonds is 6. The fourth-order valence-electron chi connectivity index (χ4n) is 6.54. The fourth-order valence-corrected chi connectivity index (χ4v) is 6.89. The van der Waals surface area contributed by atoms with Gasteiger partial charge in [-0.3, -0.25) is 4.79 Å². The number of piperidine rings is 1. The van der Waals surface area contributed by atoms with E-state index in [-0.39, 0.29) is 18.1 Å². The lowest BCUT2D eigenvalue weighted by Crippen LogP contribution is -2.37. The van der Waals surface area contributed by atoms with E-state index in [1.807, 2.05) is 79.1 Å². The van der Waals surface area contributed by atoms with Gasteiger partial charge in [0.25, 0.3) is 5.91 Å². The molecule has 1 fully saturated rings. The van der Waals surface area contributed by atoms with Crippen LogP contribution in [0.3, 0.4) is 0 Å². The number of fused-ring (bicyclic) bond motifs is 2. The second-order valence-electron chi connectivity index (χ2n) is 11.4. The van der Waals surface area contributed by atoms with Crippen molar-refractivity contribution in [2.75, 3.05) is 18.4 Å². The second kappa shape index (κ2) is 11.4. The van der Waals surface area contributed by atoms with Crippen molar-refractivity contribution >= 4 is 45.7 Å². The minimum Gasteiger partial charge on any atom is -0.472 e. The summed E-state index contributed by atoms with van der Waals surface area (Å²) >= 11 is 13.0. The number of H-pyrrole nitrogens is 1. The van der Waals surface area contributed by atoms with E-state index in [1.54, 1.807) is 12.3 Å².